The Morgan fingerprint density at radius 3 is 2.69 bits per heavy atom. The molecule has 16 heavy (non-hydrogen) atoms. The second-order valence-corrected chi connectivity index (χ2v) is 4.23. The normalized spacial score (nSPS) is 14.2. The quantitative estimate of drug-likeness (QED) is 0.729. The fourth-order valence-corrected chi connectivity index (χ4v) is 1.12. The third-order valence-electron chi connectivity index (χ3n) is 2.72. The number of benzene rings is 1. The Kier molecular flexibility index (Phi) is 3.55. The van der Waals surface area contributed by atoms with Crippen LogP contribution in [0, 0.1) is 6.92 Å². The Hall–Kier alpha value is -1.55. The molecule has 1 aromatic carbocycles. The lowest BCUT2D eigenvalue weighted by Gasteiger charge is -2.21. The van der Waals surface area contributed by atoms with Gasteiger partial charge in [-0.25, -0.2) is 0 Å². The van der Waals surface area contributed by atoms with Gasteiger partial charge in [-0.15, -0.1) is 0 Å². The Balaban J connectivity index is 2.82. The number of carbonyl (C=O) groups is 1. The summed E-state index contributed by atoms with van der Waals surface area (Å²) in [5.74, 6) is -0.0914. The van der Waals surface area contributed by atoms with E-state index in [1.807, 2.05) is 6.92 Å². The topological polar surface area (TPSA) is 75.4 Å². The Morgan fingerprint density at radius 1 is 1.56 bits per heavy atom. The minimum atomic E-state index is -0.888. The van der Waals surface area contributed by atoms with Crippen LogP contribution in [0.1, 0.15) is 25.8 Å². The number of phenolic OH excluding ortho intramolecular Hbond substituents is 1. The molecule has 1 unspecified atom stereocenters. The molecule has 0 radical (unpaired) electrons. The number of aromatic hydroxyl groups is 1. The Morgan fingerprint density at radius 2 is 2.19 bits per heavy atom. The first-order valence-corrected chi connectivity index (χ1v) is 5.27. The summed E-state index contributed by atoms with van der Waals surface area (Å²) in [6, 6.07) is 4.99. The molecule has 4 N–H and O–H groups in total. The van der Waals surface area contributed by atoms with Gasteiger partial charge in [-0.3, -0.25) is 4.79 Å². The van der Waals surface area contributed by atoms with Crippen molar-refractivity contribution in [1.29, 1.82) is 0 Å². The van der Waals surface area contributed by atoms with Crippen molar-refractivity contribution in [3.8, 4) is 5.75 Å². The molecule has 1 atom stereocenters. The van der Waals surface area contributed by atoms with E-state index in [1.165, 1.54) is 6.07 Å². The molecule has 0 aliphatic heterocycles. The summed E-state index contributed by atoms with van der Waals surface area (Å²) in [7, 11) is 0. The highest BCUT2D eigenvalue weighted by molar-refractivity contribution is 5.97. The second-order valence-electron chi connectivity index (χ2n) is 4.23. The van der Waals surface area contributed by atoms with Crippen LogP contribution in [0.3, 0.4) is 0 Å². The van der Waals surface area contributed by atoms with Gasteiger partial charge >= 0.3 is 0 Å². The first-order chi connectivity index (χ1) is 7.36. The lowest BCUT2D eigenvalue weighted by Crippen LogP contribution is -2.47. The number of nitrogens with two attached hydrogens (primary N) is 1. The van der Waals surface area contributed by atoms with Crippen molar-refractivity contribution in [2.24, 2.45) is 5.73 Å². The van der Waals surface area contributed by atoms with Gasteiger partial charge in [0.15, 0.2) is 0 Å². The van der Waals surface area contributed by atoms with Crippen molar-refractivity contribution in [3.63, 3.8) is 0 Å². The van der Waals surface area contributed by atoms with Crippen molar-refractivity contribution in [2.45, 2.75) is 32.7 Å². The maximum absolute atomic E-state index is 11.7. The molecule has 88 valence electrons. The predicted molar refractivity (Wildman–Crippen MR) is 64.4 cm³/mol. The largest absolute Gasteiger partial charge is 0.508 e. The molecule has 0 aliphatic carbocycles. The van der Waals surface area contributed by atoms with Crippen LogP contribution >= 0.6 is 0 Å². The summed E-state index contributed by atoms with van der Waals surface area (Å²) in [5.41, 5.74) is 6.23. The highest BCUT2D eigenvalue weighted by Gasteiger charge is 2.25. The summed E-state index contributed by atoms with van der Waals surface area (Å²) in [6.07, 6.45) is 0.552. The van der Waals surface area contributed by atoms with Crippen LogP contribution < -0.4 is 11.1 Å². The zero-order valence-electron chi connectivity index (χ0n) is 9.87. The van der Waals surface area contributed by atoms with E-state index < -0.39 is 5.54 Å². The molecular formula is C12H18N2O2. The van der Waals surface area contributed by atoms with E-state index in [0.717, 1.165) is 5.56 Å². The van der Waals surface area contributed by atoms with E-state index in [0.29, 0.717) is 12.1 Å². The van der Waals surface area contributed by atoms with Gasteiger partial charge in [0, 0.05) is 11.8 Å². The summed E-state index contributed by atoms with van der Waals surface area (Å²) < 4.78 is 0. The summed E-state index contributed by atoms with van der Waals surface area (Å²) in [4.78, 5) is 11.7. The monoisotopic (exact) mass is 222 g/mol. The third kappa shape index (κ3) is 2.73. The molecule has 0 aromatic heterocycles. The van der Waals surface area contributed by atoms with Gasteiger partial charge in [0.25, 0.3) is 0 Å². The van der Waals surface area contributed by atoms with Gasteiger partial charge in [0.05, 0.1) is 5.54 Å². The van der Waals surface area contributed by atoms with Crippen molar-refractivity contribution >= 4 is 11.6 Å². The van der Waals surface area contributed by atoms with E-state index in [2.05, 4.69) is 5.32 Å². The van der Waals surface area contributed by atoms with Gasteiger partial charge in [0.2, 0.25) is 5.91 Å². The van der Waals surface area contributed by atoms with E-state index in [9.17, 15) is 9.90 Å². The number of phenols is 1. The lowest BCUT2D eigenvalue weighted by atomic mass is 9.99. The lowest BCUT2D eigenvalue weighted by molar-refractivity contribution is -0.120. The fourth-order valence-electron chi connectivity index (χ4n) is 1.12. The molecule has 0 saturated carbocycles. The molecule has 0 saturated heterocycles. The molecule has 1 aromatic rings. The van der Waals surface area contributed by atoms with Crippen LogP contribution in [0.15, 0.2) is 18.2 Å². The Labute approximate surface area is 95.5 Å². The van der Waals surface area contributed by atoms with Gasteiger partial charge in [-0.2, -0.15) is 0 Å². The van der Waals surface area contributed by atoms with Crippen molar-refractivity contribution in [3.05, 3.63) is 23.8 Å². The smallest absolute Gasteiger partial charge is 0.244 e. The molecule has 0 aliphatic rings. The molecule has 0 spiro atoms. The van der Waals surface area contributed by atoms with Gasteiger partial charge in [0.1, 0.15) is 5.75 Å². The molecule has 1 rings (SSSR count). The maximum Gasteiger partial charge on any atom is 0.244 e. The molecule has 1 amide bonds. The highest BCUT2D eigenvalue weighted by Crippen LogP contribution is 2.21. The van der Waals surface area contributed by atoms with Crippen molar-refractivity contribution < 1.29 is 9.90 Å². The number of carbonyl (C=O) groups excluding carboxylic acids is 1. The summed E-state index contributed by atoms with van der Waals surface area (Å²) >= 11 is 0. The molecule has 0 bridgehead atoms. The second kappa shape index (κ2) is 4.53. The van der Waals surface area contributed by atoms with Crippen LogP contribution in [0.5, 0.6) is 5.75 Å². The summed E-state index contributed by atoms with van der Waals surface area (Å²) in [5, 5.41) is 12.2. The van der Waals surface area contributed by atoms with Crippen LogP contribution in [-0.4, -0.2) is 16.6 Å². The van der Waals surface area contributed by atoms with E-state index >= 15 is 0 Å². The minimum absolute atomic E-state index is 0.160. The molecule has 4 heteroatoms. The summed E-state index contributed by atoms with van der Waals surface area (Å²) in [6.45, 7) is 5.32. The predicted octanol–water partition coefficient (Wildman–Crippen LogP) is 1.77. The van der Waals surface area contributed by atoms with E-state index in [-0.39, 0.29) is 11.7 Å². The number of hydrogen-bond donors (Lipinski definition) is 3. The Bertz CT molecular complexity index is 400. The first-order valence-electron chi connectivity index (χ1n) is 5.27. The average molecular weight is 222 g/mol. The van der Waals surface area contributed by atoms with Gasteiger partial charge in [-0.05, 0) is 31.9 Å². The average Bonchev–Trinajstić information content (AvgIpc) is 2.23. The highest BCUT2D eigenvalue weighted by atomic mass is 16.3. The number of anilines is 1. The van der Waals surface area contributed by atoms with Crippen molar-refractivity contribution in [1.82, 2.24) is 0 Å². The van der Waals surface area contributed by atoms with Crippen LogP contribution in [0.25, 0.3) is 0 Å². The standard InChI is InChI=1S/C12H18N2O2/c1-4-12(3,13)11(16)14-9-6-5-8(2)10(15)7-9/h5-7,15H,4,13H2,1-3H3,(H,14,16). The maximum atomic E-state index is 11.7. The number of amides is 1. The van der Waals surface area contributed by atoms with Crippen LogP contribution in [0.2, 0.25) is 0 Å². The van der Waals surface area contributed by atoms with Crippen LogP contribution in [0.4, 0.5) is 5.69 Å². The first kappa shape index (κ1) is 12.5. The zero-order chi connectivity index (χ0) is 12.3. The molecule has 4 nitrogen and oxygen atoms in total. The molecule has 0 fully saturated rings. The number of hydrogen-bond acceptors (Lipinski definition) is 3. The molecule has 0 heterocycles. The van der Waals surface area contributed by atoms with Gasteiger partial charge in [-0.1, -0.05) is 13.0 Å². The molecular weight excluding hydrogens is 204 g/mol. The number of rotatable bonds is 3. The number of aryl methyl sites for hydroxylation is 1. The van der Waals surface area contributed by atoms with E-state index in [1.54, 1.807) is 26.0 Å². The number of nitrogens with one attached hydrogen (secondary N) is 1. The van der Waals surface area contributed by atoms with E-state index in [4.69, 9.17) is 5.73 Å². The zero-order valence-corrected chi connectivity index (χ0v) is 9.87. The minimum Gasteiger partial charge on any atom is -0.508 e. The van der Waals surface area contributed by atoms with Gasteiger partial charge < -0.3 is 16.2 Å². The third-order valence-corrected chi connectivity index (χ3v) is 2.72. The van der Waals surface area contributed by atoms with Crippen LogP contribution in [-0.2, 0) is 4.79 Å². The van der Waals surface area contributed by atoms with Crippen molar-refractivity contribution in [2.75, 3.05) is 5.32 Å². The SMILES string of the molecule is CCC(C)(N)C(=O)Nc1ccc(C)c(O)c1. The fraction of sp³-hybridized carbons (Fsp3) is 0.417.